The van der Waals surface area contributed by atoms with Crippen molar-refractivity contribution in [3.63, 3.8) is 0 Å². The van der Waals surface area contributed by atoms with E-state index in [9.17, 15) is 7.54 Å². The number of phenolic OH excluding ortho intramolecular Hbond substituents is 1. The summed E-state index contributed by atoms with van der Waals surface area (Å²) < 4.78 is 169. The SMILES string of the molecule is [2H]Oc1c([2H])c([2H])c2c3c1O[C@@]1([2H])C(=O)C([2H])([2H])C([2H])([2H])[C@]4([2H])[C@@]31C([2H])([2H])C([2H])([2H])N(C([2H])([2H])[2H])[C@]4([2H])C2([2H])[2H]. The zero-order valence-corrected chi connectivity index (χ0v) is 10.2. The molecule has 110 valence electrons. The molecule has 0 unspecified atom stereocenters. The van der Waals surface area contributed by atoms with E-state index in [4.69, 9.17) is 28.1 Å². The predicted molar refractivity (Wildman–Crippen MR) is 76.7 cm³/mol. The summed E-state index contributed by atoms with van der Waals surface area (Å²) in [5.74, 6) is -8.84. The van der Waals surface area contributed by atoms with Gasteiger partial charge in [0.25, 0.3) is 1.43 Å². The topological polar surface area (TPSA) is 49.8 Å². The molecule has 1 aromatic carbocycles. The van der Waals surface area contributed by atoms with Crippen LogP contribution in [0.25, 0.3) is 0 Å². The first-order valence-corrected chi connectivity index (χ1v) is 5.99. The molecule has 1 aromatic rings. The molecule has 1 saturated heterocycles. The van der Waals surface area contributed by atoms with Gasteiger partial charge in [-0.25, -0.2) is 0 Å². The van der Waals surface area contributed by atoms with Crippen LogP contribution in [-0.4, -0.2) is 42.8 Å². The van der Waals surface area contributed by atoms with Crippen LogP contribution in [0, 0.1) is 5.89 Å². The number of hydrogen-bond donors (Lipinski definition) is 1. The minimum absolute atomic E-state index is 0.728. The summed E-state index contributed by atoms with van der Waals surface area (Å²) in [6, 6.07) is -6.75. The second kappa shape index (κ2) is 3.61. The molecule has 2 fully saturated rings. The number of ketones is 1. The second-order valence-corrected chi connectivity index (χ2v) is 4.84. The molecule has 2 aliphatic heterocycles. The van der Waals surface area contributed by atoms with E-state index >= 15 is 0 Å². The lowest BCUT2D eigenvalue weighted by Gasteiger charge is -2.57. The summed E-state index contributed by atoms with van der Waals surface area (Å²) in [7, 11) is 0. The van der Waals surface area contributed by atoms with Crippen LogP contribution < -0.4 is 4.74 Å². The Bertz CT molecular complexity index is 1410. The quantitative estimate of drug-likeness (QED) is 0.857. The van der Waals surface area contributed by atoms with Gasteiger partial charge in [0.2, 0.25) is 0 Å². The molecule has 4 heteroatoms. The van der Waals surface area contributed by atoms with Gasteiger partial charge >= 0.3 is 0 Å². The van der Waals surface area contributed by atoms with Gasteiger partial charge in [-0.15, -0.1) is 0 Å². The van der Waals surface area contributed by atoms with Gasteiger partial charge in [0, 0.05) is 43.9 Å². The van der Waals surface area contributed by atoms with E-state index in [1.54, 1.807) is 0 Å². The Balaban J connectivity index is 2.26. The number of likely N-dealkylation sites (tertiary alicyclic amines) is 1. The highest BCUT2D eigenvalue weighted by Crippen LogP contribution is 2.62. The van der Waals surface area contributed by atoms with Crippen molar-refractivity contribution in [2.45, 2.75) is 43.0 Å². The van der Waals surface area contributed by atoms with Gasteiger partial charge in [0.1, 0.15) is 0 Å². The third-order valence-electron chi connectivity index (χ3n) is 3.85. The molecule has 2 aliphatic carbocycles. The molecule has 21 heavy (non-hydrogen) atoms. The number of rotatable bonds is 1. The van der Waals surface area contributed by atoms with Crippen molar-refractivity contribution >= 4 is 5.78 Å². The summed E-state index contributed by atoms with van der Waals surface area (Å²) in [4.78, 5) is 13.0. The zero-order chi connectivity index (χ0) is 31.0. The fourth-order valence-corrected chi connectivity index (χ4v) is 2.99. The maximum absolute atomic E-state index is 13.7. The van der Waals surface area contributed by atoms with E-state index in [2.05, 4.69) is 5.11 Å². The fraction of sp³-hybridized carbons (Fsp3) is 0.588. The number of nitrogens with zero attached hydrogens (tertiary/aromatic N) is 1. The fourth-order valence-electron chi connectivity index (χ4n) is 2.99. The van der Waals surface area contributed by atoms with Crippen LogP contribution in [0.5, 0.6) is 11.5 Å². The number of Topliss-reactive ketones (excluding diaryl/α,β-unsaturated/α-hetero) is 1. The largest absolute Gasteiger partial charge is 0.504 e. The first kappa shape index (κ1) is 3.67. The van der Waals surface area contributed by atoms with Crippen molar-refractivity contribution in [3.05, 3.63) is 23.2 Å². The van der Waals surface area contributed by atoms with E-state index in [0.717, 1.165) is 0 Å². The second-order valence-electron chi connectivity index (χ2n) is 4.84. The Morgan fingerprint density at radius 2 is 2.67 bits per heavy atom. The number of benzene rings is 1. The maximum Gasteiger partial charge on any atom is 0.293 e. The molecule has 2 bridgehead atoms. The molecular formula is C17H19NO3. The molecule has 4 nitrogen and oxygen atoms in total. The number of phenols is 1. The Morgan fingerprint density at radius 3 is 3.52 bits per heavy atom. The highest BCUT2D eigenvalue weighted by molar-refractivity contribution is 5.89. The van der Waals surface area contributed by atoms with Crippen molar-refractivity contribution in [3.8, 4) is 11.5 Å². The summed E-state index contributed by atoms with van der Waals surface area (Å²) in [6.07, 6.45) is -20.4. The molecule has 0 aromatic heterocycles. The maximum atomic E-state index is 13.7. The first-order chi connectivity index (χ1) is 17.6. The number of piperidine rings is 1. The predicted octanol–water partition coefficient (Wildman–Crippen LogP) is 1.63. The number of carbonyl (C=O) groups excluding carboxylic acids is 1. The highest BCUT2D eigenvalue weighted by atomic mass is 16.5. The Kier molecular flexibility index (Phi) is 0.632. The number of likely N-dealkylation sites (N-methyl/N-ethyl adjacent to an activating group) is 1. The normalized spacial score (nSPS) is 76.0. The molecule has 1 saturated carbocycles. The smallest absolute Gasteiger partial charge is 0.293 e. The molecule has 0 radical (unpaired) electrons. The zero-order valence-electron chi connectivity index (χ0n) is 29.2. The number of aromatic hydroxyl groups is 1. The number of carbonyl (C=O) groups is 1. The molecule has 1 spiro atoms. The van der Waals surface area contributed by atoms with Crippen LogP contribution >= 0.6 is 0 Å². The van der Waals surface area contributed by atoms with Crippen LogP contribution in [0.4, 0.5) is 0 Å². The first-order valence-electron chi connectivity index (χ1n) is 15.4. The third-order valence-corrected chi connectivity index (χ3v) is 3.85. The summed E-state index contributed by atoms with van der Waals surface area (Å²) in [5, 5.41) is 4.32. The van der Waals surface area contributed by atoms with E-state index in [1.807, 2.05) is 0 Å². The summed E-state index contributed by atoms with van der Waals surface area (Å²) >= 11 is 0. The molecule has 4 aliphatic rings. The van der Waals surface area contributed by atoms with Gasteiger partial charge in [-0.05, 0) is 50.1 Å². The standard InChI is InChI=1S/C17H19NO3/c1-18-7-6-17-10-3-5-13(20)16(17)21-15-12(19)4-2-9(14(15)17)8-11(10)18/h2,4,10-11,16,19H,3,5-8H2,1H3/t10-,11+,16-,17-/m0/s1/i1D3,2D,3D2,4D,5D2,6D2,7D2,8D2,10D,11D,16D/hD. The Morgan fingerprint density at radius 1 is 1.71 bits per heavy atom. The summed E-state index contributed by atoms with van der Waals surface area (Å²) in [5.41, 5.74) is -6.47. The molecule has 5 rings (SSSR count). The monoisotopic (exact) mass is 304 g/mol. The lowest BCUT2D eigenvalue weighted by Crippen LogP contribution is -2.65. The van der Waals surface area contributed by atoms with E-state index in [0.29, 0.717) is 0 Å². The lowest BCUT2D eigenvalue weighted by molar-refractivity contribution is -0.138. The van der Waals surface area contributed by atoms with Gasteiger partial charge < -0.3 is 14.7 Å². The van der Waals surface area contributed by atoms with Crippen LogP contribution in [0.1, 0.15) is 54.9 Å². The van der Waals surface area contributed by atoms with Crippen molar-refractivity contribution in [1.29, 1.82) is 1.43 Å². The Hall–Kier alpha value is -1.55. The van der Waals surface area contributed by atoms with Crippen LogP contribution in [0.15, 0.2) is 12.1 Å². The highest BCUT2D eigenvalue weighted by Gasteiger charge is 2.65. The molecule has 0 amide bonds. The van der Waals surface area contributed by atoms with Crippen molar-refractivity contribution in [2.24, 2.45) is 5.89 Å². The van der Waals surface area contributed by atoms with Gasteiger partial charge in [-0.2, -0.15) is 0 Å². The average Bonchev–Trinajstić information content (AvgIpc) is 3.05. The number of hydrogen-bond acceptors (Lipinski definition) is 4. The van der Waals surface area contributed by atoms with Gasteiger partial charge in [-0.1, -0.05) is 6.04 Å². The van der Waals surface area contributed by atoms with E-state index in [1.165, 1.54) is 0 Å². The van der Waals surface area contributed by atoms with Crippen molar-refractivity contribution in [1.82, 2.24) is 4.90 Å². The molecular weight excluding hydrogens is 266 g/mol. The van der Waals surface area contributed by atoms with E-state index in [-0.39, 0.29) is 0 Å². The van der Waals surface area contributed by atoms with Gasteiger partial charge in [-0.3, -0.25) is 4.79 Å². The average molecular weight is 304 g/mol. The third kappa shape index (κ3) is 1.20. The van der Waals surface area contributed by atoms with Crippen molar-refractivity contribution < 1.29 is 39.3 Å². The van der Waals surface area contributed by atoms with Crippen LogP contribution in [0.3, 0.4) is 0 Å². The minimum Gasteiger partial charge on any atom is -0.504 e. The van der Waals surface area contributed by atoms with Gasteiger partial charge in [0.15, 0.2) is 23.4 Å². The summed E-state index contributed by atoms with van der Waals surface area (Å²) in [6.45, 7) is -8.19. The lowest BCUT2D eigenvalue weighted by atomic mass is 9.52. The van der Waals surface area contributed by atoms with Crippen LogP contribution in [0.2, 0.25) is 0 Å². The van der Waals surface area contributed by atoms with Crippen molar-refractivity contribution in [2.75, 3.05) is 13.5 Å². The van der Waals surface area contributed by atoms with Gasteiger partial charge in [0.05, 0.1) is 4.11 Å². The van der Waals surface area contributed by atoms with E-state index < -0.39 is 108 Å². The molecule has 1 N–H and O–H groups in total. The Labute approximate surface area is 150 Å². The van der Waals surface area contributed by atoms with Crippen LogP contribution in [-0.2, 0) is 16.6 Å². The number of ether oxygens (including phenoxy) is 1. The minimum atomic E-state index is -4.28. The molecule has 2 heterocycles. The molecule has 4 atom stereocenters.